The summed E-state index contributed by atoms with van der Waals surface area (Å²) in [7, 11) is 1.36. The van der Waals surface area contributed by atoms with E-state index in [-0.39, 0.29) is 30.4 Å². The molecule has 0 spiro atoms. The van der Waals surface area contributed by atoms with E-state index in [9.17, 15) is 9.59 Å². The van der Waals surface area contributed by atoms with Gasteiger partial charge in [0.05, 0.1) is 13.0 Å². The number of carbonyl (C=O) groups excluding carboxylic acids is 2. The number of nitrogens with one attached hydrogen (secondary N) is 1. The van der Waals surface area contributed by atoms with E-state index in [0.717, 1.165) is 0 Å². The van der Waals surface area contributed by atoms with E-state index in [4.69, 9.17) is 9.84 Å². The second kappa shape index (κ2) is 7.33. The number of likely N-dealkylation sites (tertiary alicyclic amines) is 1. The third-order valence-electron chi connectivity index (χ3n) is 3.20. The average molecular weight is 258 g/mol. The number of aliphatic hydroxyl groups excluding tert-OH is 1. The predicted octanol–water partition coefficient (Wildman–Crippen LogP) is -0.632. The standard InChI is InChI=1S/C12H22N2O4/c1-9(16)14-7-10(12(17)18-2)6-11(8-14)13-4-3-5-15/h10-11,13,15H,3-8H2,1-2H3. The van der Waals surface area contributed by atoms with E-state index in [0.29, 0.717) is 32.5 Å². The summed E-state index contributed by atoms with van der Waals surface area (Å²) >= 11 is 0. The highest BCUT2D eigenvalue weighted by Gasteiger charge is 2.32. The molecule has 0 bridgehead atoms. The monoisotopic (exact) mass is 258 g/mol. The smallest absolute Gasteiger partial charge is 0.310 e. The van der Waals surface area contributed by atoms with Crippen LogP contribution in [0.25, 0.3) is 0 Å². The molecule has 1 amide bonds. The molecule has 2 unspecified atom stereocenters. The van der Waals surface area contributed by atoms with Crippen LogP contribution in [0.3, 0.4) is 0 Å². The zero-order chi connectivity index (χ0) is 13.5. The fourth-order valence-corrected chi connectivity index (χ4v) is 2.23. The molecule has 0 radical (unpaired) electrons. The topological polar surface area (TPSA) is 78.9 Å². The number of carbonyl (C=O) groups is 2. The van der Waals surface area contributed by atoms with E-state index in [2.05, 4.69) is 5.32 Å². The summed E-state index contributed by atoms with van der Waals surface area (Å²) in [6, 6.07) is 0.0818. The van der Waals surface area contributed by atoms with Crippen LogP contribution in [0.5, 0.6) is 0 Å². The largest absolute Gasteiger partial charge is 0.469 e. The highest BCUT2D eigenvalue weighted by molar-refractivity contribution is 5.76. The Hall–Kier alpha value is -1.14. The summed E-state index contributed by atoms with van der Waals surface area (Å²) in [6.45, 7) is 3.36. The van der Waals surface area contributed by atoms with Crippen molar-refractivity contribution in [1.29, 1.82) is 0 Å². The molecule has 6 nitrogen and oxygen atoms in total. The van der Waals surface area contributed by atoms with Gasteiger partial charge in [0, 0.05) is 32.7 Å². The van der Waals surface area contributed by atoms with E-state index in [1.54, 1.807) is 4.90 Å². The quantitative estimate of drug-likeness (QED) is 0.507. The lowest BCUT2D eigenvalue weighted by molar-refractivity contribution is -0.149. The van der Waals surface area contributed by atoms with Crippen molar-refractivity contribution in [3.63, 3.8) is 0 Å². The fourth-order valence-electron chi connectivity index (χ4n) is 2.23. The molecule has 2 N–H and O–H groups in total. The lowest BCUT2D eigenvalue weighted by Gasteiger charge is -2.36. The maximum Gasteiger partial charge on any atom is 0.310 e. The van der Waals surface area contributed by atoms with E-state index >= 15 is 0 Å². The van der Waals surface area contributed by atoms with Crippen LogP contribution in [-0.2, 0) is 14.3 Å². The summed E-state index contributed by atoms with van der Waals surface area (Å²) in [5.74, 6) is -0.563. The van der Waals surface area contributed by atoms with Crippen molar-refractivity contribution >= 4 is 11.9 Å². The second-order valence-electron chi connectivity index (χ2n) is 4.61. The number of amides is 1. The minimum absolute atomic E-state index is 0.0300. The number of piperidine rings is 1. The van der Waals surface area contributed by atoms with Gasteiger partial charge in [-0.3, -0.25) is 9.59 Å². The van der Waals surface area contributed by atoms with Gasteiger partial charge in [-0.05, 0) is 19.4 Å². The minimum atomic E-state index is -0.269. The molecule has 6 heteroatoms. The van der Waals surface area contributed by atoms with Gasteiger partial charge in [-0.1, -0.05) is 0 Å². The van der Waals surface area contributed by atoms with Gasteiger partial charge in [-0.25, -0.2) is 0 Å². The Morgan fingerprint density at radius 2 is 2.17 bits per heavy atom. The lowest BCUT2D eigenvalue weighted by Crippen LogP contribution is -2.52. The first-order valence-corrected chi connectivity index (χ1v) is 6.26. The zero-order valence-electron chi connectivity index (χ0n) is 11.0. The van der Waals surface area contributed by atoms with Gasteiger partial charge in [-0.2, -0.15) is 0 Å². The third-order valence-corrected chi connectivity index (χ3v) is 3.20. The maximum atomic E-state index is 11.6. The molecule has 0 aromatic heterocycles. The first-order valence-electron chi connectivity index (χ1n) is 6.26. The first-order chi connectivity index (χ1) is 8.58. The third kappa shape index (κ3) is 4.27. The second-order valence-corrected chi connectivity index (χ2v) is 4.61. The normalized spacial score (nSPS) is 23.8. The molecule has 1 aliphatic rings. The van der Waals surface area contributed by atoms with E-state index < -0.39 is 0 Å². The summed E-state index contributed by atoms with van der Waals surface area (Å²) in [5.41, 5.74) is 0. The number of rotatable bonds is 5. The summed E-state index contributed by atoms with van der Waals surface area (Å²) in [6.07, 6.45) is 1.33. The van der Waals surface area contributed by atoms with Crippen LogP contribution >= 0.6 is 0 Å². The molecular weight excluding hydrogens is 236 g/mol. The molecule has 0 saturated carbocycles. The minimum Gasteiger partial charge on any atom is -0.469 e. The van der Waals surface area contributed by atoms with Crippen molar-refractivity contribution in [2.45, 2.75) is 25.8 Å². The van der Waals surface area contributed by atoms with Crippen LogP contribution < -0.4 is 5.32 Å². The van der Waals surface area contributed by atoms with Crippen LogP contribution in [0.2, 0.25) is 0 Å². The molecule has 1 fully saturated rings. The van der Waals surface area contributed by atoms with Gasteiger partial charge < -0.3 is 20.1 Å². The number of hydrogen-bond acceptors (Lipinski definition) is 5. The first kappa shape index (κ1) is 14.9. The molecule has 104 valence electrons. The van der Waals surface area contributed by atoms with Crippen molar-refractivity contribution in [3.8, 4) is 0 Å². The Kier molecular flexibility index (Phi) is 6.07. The lowest BCUT2D eigenvalue weighted by atomic mass is 9.94. The van der Waals surface area contributed by atoms with Gasteiger partial charge in [0.1, 0.15) is 0 Å². The number of nitrogens with zero attached hydrogens (tertiary/aromatic N) is 1. The molecule has 0 aromatic rings. The predicted molar refractivity (Wildman–Crippen MR) is 65.9 cm³/mol. The summed E-state index contributed by atoms with van der Waals surface area (Å²) < 4.78 is 4.75. The number of methoxy groups -OCH3 is 1. The number of esters is 1. The van der Waals surface area contributed by atoms with Crippen molar-refractivity contribution in [3.05, 3.63) is 0 Å². The van der Waals surface area contributed by atoms with Crippen LogP contribution in [0.15, 0.2) is 0 Å². The van der Waals surface area contributed by atoms with Gasteiger partial charge in [0.15, 0.2) is 0 Å². The van der Waals surface area contributed by atoms with Crippen molar-refractivity contribution in [2.75, 3.05) is 33.4 Å². The highest BCUT2D eigenvalue weighted by atomic mass is 16.5. The fraction of sp³-hybridized carbons (Fsp3) is 0.833. The molecule has 2 atom stereocenters. The summed E-state index contributed by atoms with van der Waals surface area (Å²) in [4.78, 5) is 24.7. The highest BCUT2D eigenvalue weighted by Crippen LogP contribution is 2.18. The van der Waals surface area contributed by atoms with Gasteiger partial charge in [-0.15, -0.1) is 0 Å². The van der Waals surface area contributed by atoms with Crippen LogP contribution in [0, 0.1) is 5.92 Å². The molecule has 1 rings (SSSR count). The molecule has 0 aromatic carbocycles. The van der Waals surface area contributed by atoms with Crippen LogP contribution in [0.1, 0.15) is 19.8 Å². The zero-order valence-corrected chi connectivity index (χ0v) is 11.0. The molecule has 0 aliphatic carbocycles. The van der Waals surface area contributed by atoms with Gasteiger partial charge in [0.25, 0.3) is 0 Å². The van der Waals surface area contributed by atoms with Crippen LogP contribution in [-0.4, -0.2) is 61.3 Å². The van der Waals surface area contributed by atoms with Crippen molar-refractivity contribution in [2.24, 2.45) is 5.92 Å². The molecule has 1 heterocycles. The van der Waals surface area contributed by atoms with Crippen molar-refractivity contribution in [1.82, 2.24) is 10.2 Å². The molecule has 1 aliphatic heterocycles. The van der Waals surface area contributed by atoms with Crippen molar-refractivity contribution < 1.29 is 19.4 Å². The maximum absolute atomic E-state index is 11.6. The van der Waals surface area contributed by atoms with E-state index in [1.165, 1.54) is 14.0 Å². The Morgan fingerprint density at radius 1 is 1.44 bits per heavy atom. The molecule has 1 saturated heterocycles. The van der Waals surface area contributed by atoms with Gasteiger partial charge in [0.2, 0.25) is 5.91 Å². The Bertz CT molecular complexity index is 296. The number of hydrogen-bond donors (Lipinski definition) is 2. The molecular formula is C12H22N2O4. The van der Waals surface area contributed by atoms with Gasteiger partial charge >= 0.3 is 5.97 Å². The Balaban J connectivity index is 2.56. The number of aliphatic hydroxyl groups is 1. The average Bonchev–Trinajstić information content (AvgIpc) is 2.37. The Labute approximate surface area is 107 Å². The number of ether oxygens (including phenoxy) is 1. The Morgan fingerprint density at radius 3 is 2.72 bits per heavy atom. The molecule has 18 heavy (non-hydrogen) atoms. The SMILES string of the molecule is COC(=O)C1CC(NCCCO)CN(C(C)=O)C1. The summed E-state index contributed by atoms with van der Waals surface area (Å²) in [5, 5.41) is 12.0. The van der Waals surface area contributed by atoms with E-state index in [1.807, 2.05) is 0 Å². The van der Waals surface area contributed by atoms with Crippen LogP contribution in [0.4, 0.5) is 0 Å².